The number of nitrogens with zero attached hydrogens (tertiary/aromatic N) is 1. The first-order chi connectivity index (χ1) is 9.67. The Kier molecular flexibility index (Phi) is 6.30. The first-order valence-corrected chi connectivity index (χ1v) is 8.42. The normalized spacial score (nSPS) is 31.4. The number of carbonyl (C=O) groups excluding carboxylic acids is 1. The minimum absolute atomic E-state index is 0.235. The van der Waals surface area contributed by atoms with Crippen molar-refractivity contribution in [2.75, 3.05) is 26.2 Å². The molecular weight excluding hydrogens is 250 g/mol. The predicted octanol–water partition coefficient (Wildman–Crippen LogP) is 1.74. The molecule has 1 amide bonds. The average Bonchev–Trinajstić information content (AvgIpc) is 2.91. The van der Waals surface area contributed by atoms with Crippen LogP contribution in [0.15, 0.2) is 0 Å². The summed E-state index contributed by atoms with van der Waals surface area (Å²) in [4.78, 5) is 14.4. The second-order valence-electron chi connectivity index (χ2n) is 6.68. The molecule has 3 atom stereocenters. The van der Waals surface area contributed by atoms with Crippen molar-refractivity contribution in [2.24, 2.45) is 17.6 Å². The van der Waals surface area contributed by atoms with Gasteiger partial charge in [0.1, 0.15) is 0 Å². The van der Waals surface area contributed by atoms with Crippen LogP contribution in [-0.2, 0) is 4.79 Å². The van der Waals surface area contributed by atoms with E-state index < -0.39 is 0 Å². The first-order valence-electron chi connectivity index (χ1n) is 8.42. The number of hydrogen-bond donors (Lipinski definition) is 2. The largest absolute Gasteiger partial charge is 0.356 e. The monoisotopic (exact) mass is 281 g/mol. The number of rotatable bonds is 6. The molecule has 4 heteroatoms. The molecule has 0 aromatic heterocycles. The van der Waals surface area contributed by atoms with Crippen molar-refractivity contribution in [3.05, 3.63) is 0 Å². The van der Waals surface area contributed by atoms with Crippen molar-refractivity contribution in [3.8, 4) is 0 Å². The Hall–Kier alpha value is -0.610. The van der Waals surface area contributed by atoms with E-state index in [1.807, 2.05) is 0 Å². The van der Waals surface area contributed by atoms with E-state index in [0.717, 1.165) is 38.9 Å². The predicted molar refractivity (Wildman–Crippen MR) is 82.4 cm³/mol. The van der Waals surface area contributed by atoms with Crippen LogP contribution >= 0.6 is 0 Å². The van der Waals surface area contributed by atoms with Crippen LogP contribution in [0.4, 0.5) is 0 Å². The smallest absolute Gasteiger partial charge is 0.220 e. The van der Waals surface area contributed by atoms with E-state index >= 15 is 0 Å². The van der Waals surface area contributed by atoms with Crippen molar-refractivity contribution in [1.82, 2.24) is 10.2 Å². The summed E-state index contributed by atoms with van der Waals surface area (Å²) in [7, 11) is 0. The number of nitrogens with one attached hydrogen (secondary N) is 1. The fraction of sp³-hybridized carbons (Fsp3) is 0.938. The Morgan fingerprint density at radius 3 is 2.85 bits per heavy atom. The summed E-state index contributed by atoms with van der Waals surface area (Å²) < 4.78 is 0. The van der Waals surface area contributed by atoms with Gasteiger partial charge in [-0.25, -0.2) is 0 Å². The van der Waals surface area contributed by atoms with Crippen LogP contribution in [0.5, 0.6) is 0 Å². The molecule has 0 radical (unpaired) electrons. The second kappa shape index (κ2) is 7.99. The van der Waals surface area contributed by atoms with Gasteiger partial charge in [-0.2, -0.15) is 0 Å². The number of hydrogen-bond acceptors (Lipinski definition) is 3. The molecule has 20 heavy (non-hydrogen) atoms. The van der Waals surface area contributed by atoms with Crippen molar-refractivity contribution in [1.29, 1.82) is 0 Å². The Bertz CT molecular complexity index is 308. The molecule has 1 saturated carbocycles. The summed E-state index contributed by atoms with van der Waals surface area (Å²) in [6.07, 6.45) is 7.70. The summed E-state index contributed by atoms with van der Waals surface area (Å²) in [6.45, 7) is 6.53. The minimum atomic E-state index is 0.235. The molecule has 0 bridgehead atoms. The van der Waals surface area contributed by atoms with E-state index in [0.29, 0.717) is 24.3 Å². The fourth-order valence-corrected chi connectivity index (χ4v) is 3.64. The highest BCUT2D eigenvalue weighted by Crippen LogP contribution is 2.26. The lowest BCUT2D eigenvalue weighted by atomic mass is 9.83. The van der Waals surface area contributed by atoms with Gasteiger partial charge in [-0.05, 0) is 50.6 Å². The highest BCUT2D eigenvalue weighted by atomic mass is 16.1. The zero-order chi connectivity index (χ0) is 14.4. The summed E-state index contributed by atoms with van der Waals surface area (Å²) in [5, 5.41) is 3.12. The lowest BCUT2D eigenvalue weighted by molar-refractivity contribution is -0.121. The van der Waals surface area contributed by atoms with Crippen molar-refractivity contribution in [2.45, 2.75) is 57.9 Å². The van der Waals surface area contributed by atoms with E-state index in [2.05, 4.69) is 17.1 Å². The van der Waals surface area contributed by atoms with E-state index in [4.69, 9.17) is 5.73 Å². The van der Waals surface area contributed by atoms with Crippen LogP contribution in [0.3, 0.4) is 0 Å². The van der Waals surface area contributed by atoms with Gasteiger partial charge in [0.15, 0.2) is 0 Å². The van der Waals surface area contributed by atoms with Gasteiger partial charge in [-0.3, -0.25) is 4.79 Å². The third-order valence-corrected chi connectivity index (χ3v) is 5.01. The second-order valence-corrected chi connectivity index (χ2v) is 6.68. The van der Waals surface area contributed by atoms with Crippen molar-refractivity contribution in [3.63, 3.8) is 0 Å². The molecule has 1 saturated heterocycles. The molecule has 2 aliphatic rings. The van der Waals surface area contributed by atoms with Gasteiger partial charge < -0.3 is 16.0 Å². The average molecular weight is 281 g/mol. The van der Waals surface area contributed by atoms with Crippen LogP contribution < -0.4 is 11.1 Å². The van der Waals surface area contributed by atoms with Gasteiger partial charge in [0, 0.05) is 25.6 Å². The Balaban J connectivity index is 1.56. The minimum Gasteiger partial charge on any atom is -0.356 e. The molecule has 0 spiro atoms. The Morgan fingerprint density at radius 1 is 1.30 bits per heavy atom. The quantitative estimate of drug-likeness (QED) is 0.780. The lowest BCUT2D eigenvalue weighted by Gasteiger charge is -2.26. The van der Waals surface area contributed by atoms with Crippen LogP contribution in [0.2, 0.25) is 0 Å². The van der Waals surface area contributed by atoms with E-state index in [9.17, 15) is 4.79 Å². The zero-order valence-corrected chi connectivity index (χ0v) is 12.9. The molecule has 1 aliphatic heterocycles. The molecule has 0 aromatic rings. The maximum absolute atomic E-state index is 11.9. The molecule has 1 heterocycles. The lowest BCUT2D eigenvalue weighted by Crippen LogP contribution is -2.32. The molecule has 1 aliphatic carbocycles. The van der Waals surface area contributed by atoms with E-state index in [-0.39, 0.29) is 5.91 Å². The highest BCUT2D eigenvalue weighted by Gasteiger charge is 2.22. The topological polar surface area (TPSA) is 58.4 Å². The number of likely N-dealkylation sites (tertiary alicyclic amines) is 1. The fourth-order valence-electron chi connectivity index (χ4n) is 3.64. The van der Waals surface area contributed by atoms with Gasteiger partial charge in [-0.1, -0.05) is 19.8 Å². The summed E-state index contributed by atoms with van der Waals surface area (Å²) in [5.41, 5.74) is 5.99. The molecule has 116 valence electrons. The molecule has 0 aromatic carbocycles. The molecule has 3 unspecified atom stereocenters. The highest BCUT2D eigenvalue weighted by molar-refractivity contribution is 5.75. The standard InChI is InChI=1S/C16H31N3O/c1-2-19-9-8-14(12-19)11-18-16(20)7-6-13-4-3-5-15(17)10-13/h13-15H,2-12,17H2,1H3,(H,18,20). The summed E-state index contributed by atoms with van der Waals surface area (Å²) >= 11 is 0. The van der Waals surface area contributed by atoms with Crippen LogP contribution in [0.25, 0.3) is 0 Å². The third kappa shape index (κ3) is 5.06. The van der Waals surface area contributed by atoms with Gasteiger partial charge in [0.05, 0.1) is 0 Å². The molecular formula is C16H31N3O. The van der Waals surface area contributed by atoms with Gasteiger partial charge in [-0.15, -0.1) is 0 Å². The number of amides is 1. The summed E-state index contributed by atoms with van der Waals surface area (Å²) in [6, 6.07) is 0.371. The van der Waals surface area contributed by atoms with Crippen molar-refractivity contribution >= 4 is 5.91 Å². The Morgan fingerprint density at radius 2 is 2.15 bits per heavy atom. The van der Waals surface area contributed by atoms with Gasteiger partial charge in [0.2, 0.25) is 5.91 Å². The Labute approximate surface area is 123 Å². The first kappa shape index (κ1) is 15.8. The third-order valence-electron chi connectivity index (χ3n) is 5.01. The number of carbonyl (C=O) groups is 1. The maximum atomic E-state index is 11.9. The van der Waals surface area contributed by atoms with Crippen LogP contribution in [-0.4, -0.2) is 43.0 Å². The van der Waals surface area contributed by atoms with Crippen LogP contribution in [0.1, 0.15) is 51.9 Å². The van der Waals surface area contributed by atoms with E-state index in [1.54, 1.807) is 0 Å². The van der Waals surface area contributed by atoms with Crippen LogP contribution in [0, 0.1) is 11.8 Å². The number of nitrogens with two attached hydrogens (primary N) is 1. The zero-order valence-electron chi connectivity index (χ0n) is 12.9. The van der Waals surface area contributed by atoms with Crippen molar-refractivity contribution < 1.29 is 4.79 Å². The summed E-state index contributed by atoms with van der Waals surface area (Å²) in [5.74, 6) is 1.56. The molecule has 4 nitrogen and oxygen atoms in total. The van der Waals surface area contributed by atoms with Gasteiger partial charge >= 0.3 is 0 Å². The molecule has 2 fully saturated rings. The SMILES string of the molecule is CCN1CCC(CNC(=O)CCC2CCCC(N)C2)C1. The maximum Gasteiger partial charge on any atom is 0.220 e. The van der Waals surface area contributed by atoms with E-state index in [1.165, 1.54) is 25.8 Å². The molecule has 3 N–H and O–H groups in total. The van der Waals surface area contributed by atoms with Gasteiger partial charge in [0.25, 0.3) is 0 Å². The molecule has 2 rings (SSSR count).